The van der Waals surface area contributed by atoms with E-state index >= 15 is 0 Å². The van der Waals surface area contributed by atoms with Gasteiger partial charge in [0, 0.05) is 5.69 Å². The number of carboxylic acids is 1. The van der Waals surface area contributed by atoms with E-state index < -0.39 is 23.4 Å². The van der Waals surface area contributed by atoms with Crippen LogP contribution >= 0.6 is 0 Å². The zero-order chi connectivity index (χ0) is 17.9. The predicted molar refractivity (Wildman–Crippen MR) is 89.2 cm³/mol. The lowest BCUT2D eigenvalue weighted by Gasteiger charge is -2.10. The monoisotopic (exact) mass is 329 g/mol. The maximum Gasteiger partial charge on any atom is 0.306 e. The molecule has 1 atom stereocenters. The van der Waals surface area contributed by atoms with Gasteiger partial charge in [0.25, 0.3) is 11.5 Å². The highest BCUT2D eigenvalue weighted by Crippen LogP contribution is 2.15. The second-order valence-electron chi connectivity index (χ2n) is 5.73. The van der Waals surface area contributed by atoms with Crippen LogP contribution in [0, 0.1) is 19.8 Å². The summed E-state index contributed by atoms with van der Waals surface area (Å²) in [5, 5.41) is 17.7. The largest absolute Gasteiger partial charge is 0.481 e. The van der Waals surface area contributed by atoms with E-state index in [-0.39, 0.29) is 5.56 Å². The number of rotatable bonds is 5. The van der Waals surface area contributed by atoms with E-state index in [0.717, 1.165) is 5.56 Å². The van der Waals surface area contributed by atoms with Crippen LogP contribution in [0.25, 0.3) is 0 Å². The lowest BCUT2D eigenvalue weighted by Crippen LogP contribution is -2.26. The van der Waals surface area contributed by atoms with Crippen LogP contribution in [-0.4, -0.2) is 27.2 Å². The number of carbonyl (C=O) groups excluding carboxylic acids is 1. The minimum Gasteiger partial charge on any atom is -0.481 e. The number of H-pyrrole nitrogens is 1. The zero-order valence-electron chi connectivity index (χ0n) is 13.7. The molecule has 0 radical (unpaired) electrons. The Morgan fingerprint density at radius 1 is 1.25 bits per heavy atom. The number of nitrogens with zero attached hydrogens (tertiary/aromatic N) is 1. The number of anilines is 1. The van der Waals surface area contributed by atoms with Crippen molar-refractivity contribution < 1.29 is 14.7 Å². The van der Waals surface area contributed by atoms with E-state index in [1.54, 1.807) is 45.0 Å². The van der Waals surface area contributed by atoms with Gasteiger partial charge >= 0.3 is 5.97 Å². The summed E-state index contributed by atoms with van der Waals surface area (Å²) < 4.78 is 0. The number of aryl methyl sites for hydroxylation is 1. The molecular weight excluding hydrogens is 310 g/mol. The van der Waals surface area contributed by atoms with Crippen molar-refractivity contribution >= 4 is 17.6 Å². The molecule has 0 aliphatic rings. The van der Waals surface area contributed by atoms with Gasteiger partial charge in [-0.1, -0.05) is 19.1 Å². The molecule has 3 N–H and O–H groups in total. The molecule has 1 heterocycles. The molecule has 0 fully saturated rings. The number of benzene rings is 1. The van der Waals surface area contributed by atoms with Crippen LogP contribution in [0.4, 0.5) is 5.69 Å². The molecule has 1 aromatic heterocycles. The second kappa shape index (κ2) is 7.08. The number of carbonyl (C=O) groups is 2. The first-order valence-electron chi connectivity index (χ1n) is 7.48. The molecule has 2 rings (SSSR count). The van der Waals surface area contributed by atoms with Gasteiger partial charge in [-0.15, -0.1) is 0 Å². The second-order valence-corrected chi connectivity index (χ2v) is 5.73. The zero-order valence-corrected chi connectivity index (χ0v) is 13.7. The molecule has 0 aliphatic heterocycles. The summed E-state index contributed by atoms with van der Waals surface area (Å²) in [4.78, 5) is 35.0. The summed E-state index contributed by atoms with van der Waals surface area (Å²) in [5.74, 6) is -1.84. The topological polar surface area (TPSA) is 112 Å². The third-order valence-corrected chi connectivity index (χ3v) is 3.87. The summed E-state index contributed by atoms with van der Waals surface area (Å²) in [6.45, 7) is 5.02. The Balaban J connectivity index is 2.15. The highest BCUT2D eigenvalue weighted by atomic mass is 16.4. The Morgan fingerprint density at radius 3 is 2.46 bits per heavy atom. The molecule has 2 aromatic rings. The number of carboxylic acid groups (broad SMARTS) is 1. The predicted octanol–water partition coefficient (Wildman–Crippen LogP) is 1.90. The molecule has 7 heteroatoms. The Hall–Kier alpha value is -2.96. The van der Waals surface area contributed by atoms with Gasteiger partial charge in [0.2, 0.25) is 0 Å². The summed E-state index contributed by atoms with van der Waals surface area (Å²) in [5.41, 5.74) is 1.99. The number of hydrogen-bond donors (Lipinski definition) is 3. The first kappa shape index (κ1) is 17.4. The van der Waals surface area contributed by atoms with Crippen molar-refractivity contribution in [3.63, 3.8) is 0 Å². The number of nitrogens with one attached hydrogen (secondary N) is 2. The highest BCUT2D eigenvalue weighted by Gasteiger charge is 2.16. The van der Waals surface area contributed by atoms with Crippen molar-refractivity contribution in [2.75, 3.05) is 5.32 Å². The van der Waals surface area contributed by atoms with Crippen LogP contribution < -0.4 is 10.9 Å². The molecule has 0 spiro atoms. The van der Waals surface area contributed by atoms with Crippen molar-refractivity contribution in [1.29, 1.82) is 0 Å². The normalized spacial score (nSPS) is 11.8. The standard InChI is InChI=1S/C17H19N3O4/c1-9(17(23)24)8-12-4-6-13(7-5-12)18-15(21)14-10(2)11(3)19-20-16(14)22/h4-7,9H,8H2,1-3H3,(H,18,21)(H,20,22)(H,23,24)/t9-/m1/s1. The van der Waals surface area contributed by atoms with Crippen molar-refractivity contribution in [1.82, 2.24) is 10.2 Å². The maximum absolute atomic E-state index is 12.3. The number of amides is 1. The van der Waals surface area contributed by atoms with E-state index in [9.17, 15) is 14.4 Å². The third kappa shape index (κ3) is 3.87. The average Bonchev–Trinajstić information content (AvgIpc) is 2.53. The minimum absolute atomic E-state index is 0.0334. The smallest absolute Gasteiger partial charge is 0.306 e. The molecule has 7 nitrogen and oxygen atoms in total. The van der Waals surface area contributed by atoms with Crippen LogP contribution in [0.3, 0.4) is 0 Å². The van der Waals surface area contributed by atoms with E-state index in [1.165, 1.54) is 0 Å². The van der Waals surface area contributed by atoms with Crippen LogP contribution in [-0.2, 0) is 11.2 Å². The fourth-order valence-corrected chi connectivity index (χ4v) is 2.26. The number of aromatic amines is 1. The molecule has 0 unspecified atom stereocenters. The Morgan fingerprint density at radius 2 is 1.88 bits per heavy atom. The first-order valence-corrected chi connectivity index (χ1v) is 7.48. The Labute approximate surface area is 138 Å². The average molecular weight is 329 g/mol. The lowest BCUT2D eigenvalue weighted by atomic mass is 10.0. The molecule has 0 aliphatic carbocycles. The van der Waals surface area contributed by atoms with E-state index in [1.807, 2.05) is 0 Å². The molecule has 0 saturated carbocycles. The summed E-state index contributed by atoms with van der Waals surface area (Å²) >= 11 is 0. The summed E-state index contributed by atoms with van der Waals surface area (Å²) in [6, 6.07) is 6.87. The van der Waals surface area contributed by atoms with Gasteiger partial charge in [-0.2, -0.15) is 5.10 Å². The molecule has 0 saturated heterocycles. The third-order valence-electron chi connectivity index (χ3n) is 3.87. The minimum atomic E-state index is -0.852. The summed E-state index contributed by atoms with van der Waals surface area (Å²) in [7, 11) is 0. The molecule has 1 amide bonds. The molecular formula is C17H19N3O4. The van der Waals surface area contributed by atoms with E-state index in [2.05, 4.69) is 15.5 Å². The van der Waals surface area contributed by atoms with Crippen LogP contribution in [0.15, 0.2) is 29.1 Å². The van der Waals surface area contributed by atoms with Crippen molar-refractivity contribution in [2.45, 2.75) is 27.2 Å². The van der Waals surface area contributed by atoms with Gasteiger partial charge in [0.1, 0.15) is 5.56 Å². The molecule has 1 aromatic carbocycles. The Bertz CT molecular complexity index is 825. The van der Waals surface area contributed by atoms with Gasteiger partial charge < -0.3 is 10.4 Å². The van der Waals surface area contributed by atoms with Gasteiger partial charge in [-0.3, -0.25) is 14.4 Å². The molecule has 126 valence electrons. The van der Waals surface area contributed by atoms with Gasteiger partial charge in [-0.25, -0.2) is 5.10 Å². The van der Waals surface area contributed by atoms with Gasteiger partial charge in [0.05, 0.1) is 11.6 Å². The number of hydrogen-bond acceptors (Lipinski definition) is 4. The van der Waals surface area contributed by atoms with Crippen LogP contribution in [0.2, 0.25) is 0 Å². The summed E-state index contributed by atoms with van der Waals surface area (Å²) in [6.07, 6.45) is 0.409. The Kier molecular flexibility index (Phi) is 5.13. The first-order chi connectivity index (χ1) is 11.3. The highest BCUT2D eigenvalue weighted by molar-refractivity contribution is 6.05. The van der Waals surface area contributed by atoms with Crippen LogP contribution in [0.5, 0.6) is 0 Å². The van der Waals surface area contributed by atoms with Crippen molar-refractivity contribution in [3.05, 3.63) is 57.0 Å². The maximum atomic E-state index is 12.3. The molecule has 0 bridgehead atoms. The van der Waals surface area contributed by atoms with Gasteiger partial charge in [-0.05, 0) is 43.5 Å². The fraction of sp³-hybridized carbons (Fsp3) is 0.294. The van der Waals surface area contributed by atoms with Crippen molar-refractivity contribution in [3.8, 4) is 0 Å². The SMILES string of the molecule is Cc1n[nH]c(=O)c(C(=O)Nc2ccc(C[C@@H](C)C(=O)O)cc2)c1C. The number of aromatic nitrogens is 2. The fourth-order valence-electron chi connectivity index (χ4n) is 2.26. The van der Waals surface area contributed by atoms with Crippen molar-refractivity contribution in [2.24, 2.45) is 5.92 Å². The van der Waals surface area contributed by atoms with Gasteiger partial charge in [0.15, 0.2) is 0 Å². The lowest BCUT2D eigenvalue weighted by molar-refractivity contribution is -0.141. The van der Waals surface area contributed by atoms with E-state index in [4.69, 9.17) is 5.11 Å². The number of aliphatic carboxylic acids is 1. The molecule has 24 heavy (non-hydrogen) atoms. The quantitative estimate of drug-likeness (QED) is 0.775. The van der Waals surface area contributed by atoms with Crippen LogP contribution in [0.1, 0.15) is 34.1 Å². The van der Waals surface area contributed by atoms with E-state index in [0.29, 0.717) is 23.4 Å².